The summed E-state index contributed by atoms with van der Waals surface area (Å²) in [4.78, 5) is 24.1. The van der Waals surface area contributed by atoms with Crippen LogP contribution in [-0.4, -0.2) is 34.5 Å². The van der Waals surface area contributed by atoms with Gasteiger partial charge in [0.1, 0.15) is 0 Å². The van der Waals surface area contributed by atoms with E-state index in [4.69, 9.17) is 5.11 Å². The molecular weight excluding hydrogens is 182 g/mol. The molecule has 0 aromatic rings. The highest BCUT2D eigenvalue weighted by atomic mass is 16.3. The van der Waals surface area contributed by atoms with Crippen molar-refractivity contribution < 1.29 is 14.7 Å². The minimum atomic E-state index is -0.413. The molecular formula is C10H15NO3. The lowest BCUT2D eigenvalue weighted by atomic mass is 10.0. The molecule has 1 N–H and O–H groups in total. The van der Waals surface area contributed by atoms with Crippen molar-refractivity contribution in [1.82, 2.24) is 4.90 Å². The van der Waals surface area contributed by atoms with Crippen LogP contribution in [0.25, 0.3) is 0 Å². The van der Waals surface area contributed by atoms with Crippen LogP contribution >= 0.6 is 0 Å². The van der Waals surface area contributed by atoms with Crippen molar-refractivity contribution in [1.29, 1.82) is 0 Å². The number of amides is 2. The molecule has 1 aliphatic rings. The minimum Gasteiger partial charge on any atom is -0.394 e. The topological polar surface area (TPSA) is 57.6 Å². The van der Waals surface area contributed by atoms with E-state index in [0.717, 1.165) is 4.90 Å². The monoisotopic (exact) mass is 197 g/mol. The van der Waals surface area contributed by atoms with Crippen LogP contribution in [0, 0.1) is 5.92 Å². The van der Waals surface area contributed by atoms with Gasteiger partial charge < -0.3 is 5.11 Å². The second-order valence-electron chi connectivity index (χ2n) is 3.83. The molecule has 0 saturated heterocycles. The molecule has 0 spiro atoms. The lowest BCUT2D eigenvalue weighted by Crippen LogP contribution is -2.45. The molecule has 0 aromatic heterocycles. The maximum Gasteiger partial charge on any atom is 0.256 e. The van der Waals surface area contributed by atoms with Gasteiger partial charge in [0, 0.05) is 11.6 Å². The summed E-state index contributed by atoms with van der Waals surface area (Å²) in [6.07, 6.45) is 1.31. The Balaban J connectivity index is 2.89. The summed E-state index contributed by atoms with van der Waals surface area (Å²) in [5.41, 5.74) is 0.439. The molecule has 1 aliphatic heterocycles. The summed E-state index contributed by atoms with van der Waals surface area (Å²) in [5.74, 6) is -0.546. The number of aliphatic hydroxyl groups is 1. The Morgan fingerprint density at radius 2 is 2.00 bits per heavy atom. The molecule has 14 heavy (non-hydrogen) atoms. The number of aliphatic hydroxyl groups excluding tert-OH is 1. The zero-order valence-corrected chi connectivity index (χ0v) is 8.65. The first kappa shape index (κ1) is 10.9. The first-order valence-corrected chi connectivity index (χ1v) is 4.65. The van der Waals surface area contributed by atoms with Gasteiger partial charge in [0.15, 0.2) is 0 Å². The van der Waals surface area contributed by atoms with Gasteiger partial charge in [-0.2, -0.15) is 0 Å². The van der Waals surface area contributed by atoms with Crippen LogP contribution in [0.3, 0.4) is 0 Å². The number of imide groups is 1. The van der Waals surface area contributed by atoms with Crippen LogP contribution in [0.2, 0.25) is 0 Å². The van der Waals surface area contributed by atoms with E-state index in [1.54, 1.807) is 6.92 Å². The van der Waals surface area contributed by atoms with E-state index in [-0.39, 0.29) is 24.3 Å². The third-order valence-electron chi connectivity index (χ3n) is 2.42. The zero-order valence-electron chi connectivity index (χ0n) is 8.65. The van der Waals surface area contributed by atoms with Crippen LogP contribution in [0.5, 0.6) is 0 Å². The van der Waals surface area contributed by atoms with Gasteiger partial charge in [0.25, 0.3) is 11.8 Å². The van der Waals surface area contributed by atoms with Crippen molar-refractivity contribution in [2.75, 3.05) is 6.61 Å². The standard InChI is InChI=1S/C10H15NO3/c1-6(2)8(5-12)11-9(13)4-7(3)10(11)14/h4,6,8,12H,5H2,1-3H3/t8-/m0/s1. The third kappa shape index (κ3) is 1.70. The second kappa shape index (κ2) is 3.92. The third-order valence-corrected chi connectivity index (χ3v) is 2.42. The zero-order chi connectivity index (χ0) is 10.9. The van der Waals surface area contributed by atoms with E-state index >= 15 is 0 Å². The molecule has 1 heterocycles. The summed E-state index contributed by atoms with van der Waals surface area (Å²) in [5, 5.41) is 9.11. The number of nitrogens with zero attached hydrogens (tertiary/aromatic N) is 1. The van der Waals surface area contributed by atoms with E-state index in [2.05, 4.69) is 0 Å². The molecule has 0 aromatic carbocycles. The van der Waals surface area contributed by atoms with Crippen LogP contribution in [0.4, 0.5) is 0 Å². The Bertz CT molecular complexity index is 294. The lowest BCUT2D eigenvalue weighted by molar-refractivity contribution is -0.142. The summed E-state index contributed by atoms with van der Waals surface area (Å²) in [7, 11) is 0. The number of hydrogen-bond acceptors (Lipinski definition) is 3. The molecule has 78 valence electrons. The summed E-state index contributed by atoms with van der Waals surface area (Å²) in [6.45, 7) is 5.16. The highest BCUT2D eigenvalue weighted by Crippen LogP contribution is 2.19. The lowest BCUT2D eigenvalue weighted by Gasteiger charge is -2.27. The van der Waals surface area contributed by atoms with E-state index in [1.807, 2.05) is 13.8 Å². The quantitative estimate of drug-likeness (QED) is 0.663. The van der Waals surface area contributed by atoms with Crippen molar-refractivity contribution in [3.63, 3.8) is 0 Å². The van der Waals surface area contributed by atoms with E-state index < -0.39 is 6.04 Å². The Kier molecular flexibility index (Phi) is 3.06. The summed E-state index contributed by atoms with van der Waals surface area (Å²) >= 11 is 0. The molecule has 0 radical (unpaired) electrons. The Labute approximate surface area is 83.2 Å². The molecule has 0 fully saturated rings. The maximum absolute atomic E-state index is 11.5. The predicted octanol–water partition coefficient (Wildman–Crippen LogP) is 0.318. The number of hydrogen-bond donors (Lipinski definition) is 1. The van der Waals surface area contributed by atoms with Gasteiger partial charge in [-0.25, -0.2) is 0 Å². The molecule has 4 heteroatoms. The van der Waals surface area contributed by atoms with Crippen LogP contribution in [-0.2, 0) is 9.59 Å². The van der Waals surface area contributed by atoms with Gasteiger partial charge >= 0.3 is 0 Å². The Morgan fingerprint density at radius 1 is 1.43 bits per heavy atom. The van der Waals surface area contributed by atoms with E-state index in [9.17, 15) is 9.59 Å². The Hall–Kier alpha value is -1.16. The molecule has 4 nitrogen and oxygen atoms in total. The molecule has 1 atom stereocenters. The smallest absolute Gasteiger partial charge is 0.256 e. The van der Waals surface area contributed by atoms with Gasteiger partial charge in [-0.15, -0.1) is 0 Å². The molecule has 0 aliphatic carbocycles. The number of carbonyl (C=O) groups excluding carboxylic acids is 2. The second-order valence-corrected chi connectivity index (χ2v) is 3.83. The predicted molar refractivity (Wildman–Crippen MR) is 51.3 cm³/mol. The van der Waals surface area contributed by atoms with Crippen molar-refractivity contribution in [3.8, 4) is 0 Å². The van der Waals surface area contributed by atoms with Gasteiger partial charge in [-0.05, 0) is 12.8 Å². The largest absolute Gasteiger partial charge is 0.394 e. The first-order chi connectivity index (χ1) is 6.49. The minimum absolute atomic E-state index is 0.0622. The van der Waals surface area contributed by atoms with Crippen LogP contribution in [0.1, 0.15) is 20.8 Å². The average Bonchev–Trinajstić information content (AvgIpc) is 2.32. The highest BCUT2D eigenvalue weighted by Gasteiger charge is 2.35. The van der Waals surface area contributed by atoms with Gasteiger partial charge in [0.2, 0.25) is 0 Å². The van der Waals surface area contributed by atoms with Crippen molar-refractivity contribution in [2.45, 2.75) is 26.8 Å². The fourth-order valence-electron chi connectivity index (χ4n) is 1.51. The SMILES string of the molecule is CC1=CC(=O)N([C@@H](CO)C(C)C)C1=O. The maximum atomic E-state index is 11.5. The summed E-state index contributed by atoms with van der Waals surface area (Å²) in [6, 6.07) is -0.413. The van der Waals surface area contributed by atoms with Crippen LogP contribution < -0.4 is 0 Å². The first-order valence-electron chi connectivity index (χ1n) is 4.65. The highest BCUT2D eigenvalue weighted by molar-refractivity contribution is 6.16. The Morgan fingerprint density at radius 3 is 2.29 bits per heavy atom. The fourth-order valence-corrected chi connectivity index (χ4v) is 1.51. The molecule has 0 saturated carbocycles. The van der Waals surface area contributed by atoms with Crippen molar-refractivity contribution >= 4 is 11.8 Å². The van der Waals surface area contributed by atoms with Crippen LogP contribution in [0.15, 0.2) is 11.6 Å². The van der Waals surface area contributed by atoms with Gasteiger partial charge in [0.05, 0.1) is 12.6 Å². The molecule has 0 bridgehead atoms. The van der Waals surface area contributed by atoms with Gasteiger partial charge in [-0.3, -0.25) is 14.5 Å². The fraction of sp³-hybridized carbons (Fsp3) is 0.600. The molecule has 2 amide bonds. The van der Waals surface area contributed by atoms with Gasteiger partial charge in [-0.1, -0.05) is 13.8 Å². The normalized spacial score (nSPS) is 19.2. The average molecular weight is 197 g/mol. The number of carbonyl (C=O) groups is 2. The molecule has 0 unspecified atom stereocenters. The van der Waals surface area contributed by atoms with E-state index in [0.29, 0.717) is 5.57 Å². The molecule has 1 rings (SSSR count). The van der Waals surface area contributed by atoms with E-state index in [1.165, 1.54) is 6.08 Å². The van der Waals surface area contributed by atoms with Crippen molar-refractivity contribution in [3.05, 3.63) is 11.6 Å². The number of rotatable bonds is 3. The summed E-state index contributed by atoms with van der Waals surface area (Å²) < 4.78 is 0. The van der Waals surface area contributed by atoms with Crippen molar-refractivity contribution in [2.24, 2.45) is 5.92 Å².